The number of hydrogen-bond donors (Lipinski definition) is 1. The van der Waals surface area contributed by atoms with Crippen LogP contribution in [0.3, 0.4) is 0 Å². The highest BCUT2D eigenvalue weighted by Gasteiger charge is 2.99. The van der Waals surface area contributed by atoms with E-state index in [0.717, 1.165) is 25.7 Å². The van der Waals surface area contributed by atoms with Gasteiger partial charge in [-0.15, -0.1) is 0 Å². The van der Waals surface area contributed by atoms with Crippen molar-refractivity contribution >= 4 is 5.97 Å². The summed E-state index contributed by atoms with van der Waals surface area (Å²) in [4.78, 5) is 11.6. The van der Waals surface area contributed by atoms with Crippen LogP contribution in [0, 0.1) is 10.8 Å². The van der Waals surface area contributed by atoms with Gasteiger partial charge in [-0.05, 0) is 32.6 Å². The van der Waals surface area contributed by atoms with Crippen LogP contribution in [0.2, 0.25) is 0 Å². The molecule has 3 aliphatic rings. The maximum atomic E-state index is 11.6. The summed E-state index contributed by atoms with van der Waals surface area (Å²) in [5.41, 5.74) is -1.16. The number of fused-ring (bicyclic) bond motifs is 1. The molecule has 3 fully saturated rings. The first-order chi connectivity index (χ1) is 6.15. The lowest BCUT2D eigenvalue weighted by molar-refractivity contribution is -0.158. The van der Waals surface area contributed by atoms with Crippen molar-refractivity contribution in [3.8, 4) is 0 Å². The number of carbonyl (C=O) groups excluding carboxylic acids is 1. The van der Waals surface area contributed by atoms with E-state index in [0.29, 0.717) is 6.61 Å². The summed E-state index contributed by atoms with van der Waals surface area (Å²) >= 11 is 0. The lowest BCUT2D eigenvalue weighted by Gasteiger charge is -2.08. The lowest BCUT2D eigenvalue weighted by Crippen LogP contribution is -2.29. The zero-order valence-corrected chi connectivity index (χ0v) is 7.80. The minimum Gasteiger partial charge on any atom is -0.464 e. The Kier molecular flexibility index (Phi) is 1.07. The third-order valence-electron chi connectivity index (χ3n) is 4.31. The zero-order chi connectivity index (χ0) is 9.32. The standard InChI is InChI=1S/C10H14O3/c1-2-13-7(11)10(12)8(3-4-8)9(10)5-6-9/h12H,2-6H2,1H3. The Bertz CT molecular complexity index is 269. The fourth-order valence-corrected chi connectivity index (χ4v) is 3.38. The maximum absolute atomic E-state index is 11.6. The normalized spacial score (nSPS) is 40.5. The van der Waals surface area contributed by atoms with E-state index in [1.165, 1.54) is 0 Å². The average molecular weight is 182 g/mol. The quantitative estimate of drug-likeness (QED) is 0.644. The highest BCUT2D eigenvalue weighted by Crippen LogP contribution is 2.94. The van der Waals surface area contributed by atoms with E-state index < -0.39 is 5.60 Å². The van der Waals surface area contributed by atoms with E-state index in [2.05, 4.69) is 0 Å². The molecule has 3 heteroatoms. The summed E-state index contributed by atoms with van der Waals surface area (Å²) in [5, 5.41) is 10.2. The first-order valence-electron chi connectivity index (χ1n) is 5.04. The summed E-state index contributed by atoms with van der Waals surface area (Å²) in [7, 11) is 0. The molecule has 72 valence electrons. The molecule has 0 radical (unpaired) electrons. The Morgan fingerprint density at radius 3 is 2.08 bits per heavy atom. The van der Waals surface area contributed by atoms with Crippen molar-refractivity contribution < 1.29 is 14.6 Å². The number of rotatable bonds is 2. The monoisotopic (exact) mass is 182 g/mol. The second-order valence-corrected chi connectivity index (χ2v) is 4.60. The van der Waals surface area contributed by atoms with E-state index in [-0.39, 0.29) is 16.8 Å². The highest BCUT2D eigenvalue weighted by molar-refractivity contribution is 5.90. The van der Waals surface area contributed by atoms with Gasteiger partial charge in [-0.25, -0.2) is 4.79 Å². The Balaban J connectivity index is 1.88. The fourth-order valence-electron chi connectivity index (χ4n) is 3.38. The maximum Gasteiger partial charge on any atom is 0.339 e. The summed E-state index contributed by atoms with van der Waals surface area (Å²) < 4.78 is 4.93. The van der Waals surface area contributed by atoms with Crippen LogP contribution >= 0.6 is 0 Å². The number of aliphatic hydroxyl groups is 1. The van der Waals surface area contributed by atoms with Crippen molar-refractivity contribution in [1.82, 2.24) is 0 Å². The Labute approximate surface area is 77.1 Å². The molecule has 0 atom stereocenters. The van der Waals surface area contributed by atoms with Crippen molar-refractivity contribution in [2.45, 2.75) is 38.2 Å². The van der Waals surface area contributed by atoms with Crippen LogP contribution in [0.25, 0.3) is 0 Å². The van der Waals surface area contributed by atoms with Gasteiger partial charge in [-0.1, -0.05) is 0 Å². The van der Waals surface area contributed by atoms with Gasteiger partial charge in [0.25, 0.3) is 0 Å². The third-order valence-corrected chi connectivity index (χ3v) is 4.31. The molecule has 0 saturated heterocycles. The SMILES string of the molecule is CCOC(=O)C1(O)C2(CC2)C12CC2. The van der Waals surface area contributed by atoms with Crippen LogP contribution in [-0.2, 0) is 9.53 Å². The molecule has 13 heavy (non-hydrogen) atoms. The van der Waals surface area contributed by atoms with Gasteiger partial charge in [0.15, 0.2) is 5.60 Å². The van der Waals surface area contributed by atoms with Gasteiger partial charge in [0.1, 0.15) is 0 Å². The summed E-state index contributed by atoms with van der Waals surface area (Å²) in [6, 6.07) is 0. The Morgan fingerprint density at radius 2 is 1.77 bits per heavy atom. The van der Waals surface area contributed by atoms with Gasteiger partial charge in [-0.2, -0.15) is 0 Å². The molecule has 0 aromatic carbocycles. The molecule has 3 saturated carbocycles. The first-order valence-corrected chi connectivity index (χ1v) is 5.04. The van der Waals surface area contributed by atoms with Gasteiger partial charge in [-0.3, -0.25) is 0 Å². The van der Waals surface area contributed by atoms with Crippen LogP contribution in [-0.4, -0.2) is 23.3 Å². The second-order valence-electron chi connectivity index (χ2n) is 4.60. The summed E-state index contributed by atoms with van der Waals surface area (Å²) in [6.07, 6.45) is 4.06. The van der Waals surface area contributed by atoms with Crippen LogP contribution in [0.15, 0.2) is 0 Å². The average Bonchev–Trinajstić information content (AvgIpc) is 2.95. The molecule has 2 spiro atoms. The van der Waals surface area contributed by atoms with Gasteiger partial charge < -0.3 is 9.84 Å². The Hall–Kier alpha value is -0.570. The largest absolute Gasteiger partial charge is 0.464 e. The summed E-state index contributed by atoms with van der Waals surface area (Å²) in [5.74, 6) is -0.370. The molecule has 3 aliphatic carbocycles. The van der Waals surface area contributed by atoms with Crippen molar-refractivity contribution in [2.24, 2.45) is 10.8 Å². The third kappa shape index (κ3) is 0.539. The molecule has 0 unspecified atom stereocenters. The minimum absolute atomic E-state index is 0.0355. The number of esters is 1. The van der Waals surface area contributed by atoms with E-state index in [9.17, 15) is 9.90 Å². The van der Waals surface area contributed by atoms with Crippen LogP contribution in [0.4, 0.5) is 0 Å². The molecular formula is C10H14O3. The molecule has 0 amide bonds. The minimum atomic E-state index is -1.09. The van der Waals surface area contributed by atoms with Crippen molar-refractivity contribution in [1.29, 1.82) is 0 Å². The van der Waals surface area contributed by atoms with Gasteiger partial charge in [0.05, 0.1) is 6.61 Å². The van der Waals surface area contributed by atoms with Crippen LogP contribution in [0.5, 0.6) is 0 Å². The van der Waals surface area contributed by atoms with Gasteiger partial charge in [0.2, 0.25) is 0 Å². The van der Waals surface area contributed by atoms with E-state index >= 15 is 0 Å². The highest BCUT2D eigenvalue weighted by atomic mass is 16.6. The Morgan fingerprint density at radius 1 is 1.31 bits per heavy atom. The van der Waals surface area contributed by atoms with Crippen molar-refractivity contribution in [2.75, 3.05) is 6.61 Å². The molecule has 3 nitrogen and oxygen atoms in total. The molecular weight excluding hydrogens is 168 g/mol. The van der Waals surface area contributed by atoms with Crippen molar-refractivity contribution in [3.05, 3.63) is 0 Å². The number of hydrogen-bond acceptors (Lipinski definition) is 3. The van der Waals surface area contributed by atoms with E-state index in [1.807, 2.05) is 0 Å². The molecule has 0 aromatic heterocycles. The van der Waals surface area contributed by atoms with Crippen LogP contribution in [0.1, 0.15) is 32.6 Å². The zero-order valence-electron chi connectivity index (χ0n) is 7.80. The van der Waals surface area contributed by atoms with Gasteiger partial charge >= 0.3 is 5.97 Å². The molecule has 0 heterocycles. The molecule has 1 N–H and O–H groups in total. The van der Waals surface area contributed by atoms with E-state index in [1.54, 1.807) is 6.92 Å². The van der Waals surface area contributed by atoms with Crippen LogP contribution < -0.4 is 0 Å². The molecule has 3 rings (SSSR count). The predicted molar refractivity (Wildman–Crippen MR) is 44.9 cm³/mol. The fraction of sp³-hybridized carbons (Fsp3) is 0.900. The topological polar surface area (TPSA) is 46.5 Å². The second kappa shape index (κ2) is 1.78. The first kappa shape index (κ1) is 7.80. The predicted octanol–water partition coefficient (Wildman–Crippen LogP) is 0.855. The van der Waals surface area contributed by atoms with Crippen molar-refractivity contribution in [3.63, 3.8) is 0 Å². The van der Waals surface area contributed by atoms with Gasteiger partial charge in [0, 0.05) is 10.8 Å². The smallest absolute Gasteiger partial charge is 0.339 e. The number of carbonyl (C=O) groups is 1. The lowest BCUT2D eigenvalue weighted by atomic mass is 10.2. The van der Waals surface area contributed by atoms with E-state index in [4.69, 9.17) is 4.74 Å². The molecule has 0 aliphatic heterocycles. The summed E-state index contributed by atoms with van der Waals surface area (Å²) in [6.45, 7) is 2.15. The molecule has 0 bridgehead atoms. The number of ether oxygens (including phenoxy) is 1. The molecule has 0 aromatic rings.